The molecule has 0 aliphatic rings. The summed E-state index contributed by atoms with van der Waals surface area (Å²) in [5, 5.41) is 0. The van der Waals surface area contributed by atoms with E-state index in [1.807, 2.05) is 0 Å². The van der Waals surface area contributed by atoms with Crippen molar-refractivity contribution in [1.29, 1.82) is 0 Å². The number of para-hydroxylation sites is 1. The normalized spacial score (nSPS) is 9.55. The van der Waals surface area contributed by atoms with Gasteiger partial charge in [0.05, 0.1) is 5.88 Å². The van der Waals surface area contributed by atoms with Gasteiger partial charge in [-0.3, -0.25) is 4.79 Å². The maximum absolute atomic E-state index is 11.0. The van der Waals surface area contributed by atoms with Crippen molar-refractivity contribution in [2.24, 2.45) is 0 Å². The lowest BCUT2D eigenvalue weighted by molar-refractivity contribution is 0.102. The van der Waals surface area contributed by atoms with Crippen LogP contribution < -0.4 is 5.73 Å². The summed E-state index contributed by atoms with van der Waals surface area (Å²) in [6, 6.07) is 6.89. The number of nitrogens with two attached hydrogens (primary N) is 1. The molecule has 3 heteroatoms. The Labute approximate surface area is 70.0 Å². The number of hydrogen-bond acceptors (Lipinski definition) is 2. The third-order valence-electron chi connectivity index (χ3n) is 1.38. The number of benzene rings is 1. The molecule has 0 saturated carbocycles. The summed E-state index contributed by atoms with van der Waals surface area (Å²) in [6.07, 6.45) is 0. The van der Waals surface area contributed by atoms with Gasteiger partial charge in [-0.2, -0.15) is 0 Å². The summed E-state index contributed by atoms with van der Waals surface area (Å²) >= 11 is 5.35. The fourth-order valence-electron chi connectivity index (χ4n) is 0.823. The Balaban J connectivity index is 3.03. The molecule has 0 amide bonds. The van der Waals surface area contributed by atoms with Crippen molar-refractivity contribution in [3.05, 3.63) is 29.8 Å². The first-order valence-electron chi connectivity index (χ1n) is 3.19. The Hall–Kier alpha value is -1.02. The average Bonchev–Trinajstić information content (AvgIpc) is 2.04. The van der Waals surface area contributed by atoms with Gasteiger partial charge in [0.2, 0.25) is 0 Å². The molecule has 0 unspecified atom stereocenters. The van der Waals surface area contributed by atoms with E-state index in [0.717, 1.165) is 0 Å². The molecule has 1 aromatic rings. The van der Waals surface area contributed by atoms with E-state index in [9.17, 15) is 4.79 Å². The van der Waals surface area contributed by atoms with Crippen LogP contribution in [-0.2, 0) is 0 Å². The quantitative estimate of drug-likeness (QED) is 0.323. The predicted octanol–water partition coefficient (Wildman–Crippen LogP) is 1.69. The number of hydrogen-bond donors (Lipinski definition) is 1. The maximum Gasteiger partial charge on any atom is 0.179 e. The van der Waals surface area contributed by atoms with Gasteiger partial charge in [0, 0.05) is 11.3 Å². The summed E-state index contributed by atoms with van der Waals surface area (Å²) in [5.74, 6) is -0.154. The molecule has 0 atom stereocenters. The Morgan fingerprint density at radius 3 is 2.64 bits per heavy atom. The fraction of sp³-hybridized carbons (Fsp3) is 0.125. The molecule has 11 heavy (non-hydrogen) atoms. The zero-order chi connectivity index (χ0) is 8.27. The highest BCUT2D eigenvalue weighted by Crippen LogP contribution is 2.11. The van der Waals surface area contributed by atoms with E-state index in [4.69, 9.17) is 17.3 Å². The van der Waals surface area contributed by atoms with Crippen LogP contribution in [0.5, 0.6) is 0 Å². The van der Waals surface area contributed by atoms with Gasteiger partial charge in [-0.1, -0.05) is 12.1 Å². The van der Waals surface area contributed by atoms with Crippen molar-refractivity contribution < 1.29 is 4.79 Å². The molecule has 0 bridgehead atoms. The first-order chi connectivity index (χ1) is 5.25. The fourth-order valence-corrected chi connectivity index (χ4v) is 0.967. The second-order valence-corrected chi connectivity index (χ2v) is 2.41. The van der Waals surface area contributed by atoms with Crippen molar-refractivity contribution in [1.82, 2.24) is 0 Å². The van der Waals surface area contributed by atoms with Crippen LogP contribution in [0.25, 0.3) is 0 Å². The second kappa shape index (κ2) is 3.39. The molecular formula is C8H8ClNO. The Kier molecular flexibility index (Phi) is 2.49. The first-order valence-corrected chi connectivity index (χ1v) is 3.73. The highest BCUT2D eigenvalue weighted by molar-refractivity contribution is 6.31. The molecule has 0 aromatic heterocycles. The predicted molar refractivity (Wildman–Crippen MR) is 45.9 cm³/mol. The second-order valence-electron chi connectivity index (χ2n) is 2.14. The topological polar surface area (TPSA) is 43.1 Å². The largest absolute Gasteiger partial charge is 0.398 e. The molecule has 0 spiro atoms. The van der Waals surface area contributed by atoms with Crippen molar-refractivity contribution in [3.8, 4) is 0 Å². The van der Waals surface area contributed by atoms with Crippen molar-refractivity contribution in [2.45, 2.75) is 0 Å². The molecule has 1 rings (SSSR count). The molecule has 1 aromatic carbocycles. The third kappa shape index (κ3) is 1.71. The van der Waals surface area contributed by atoms with Gasteiger partial charge in [-0.15, -0.1) is 11.6 Å². The van der Waals surface area contributed by atoms with E-state index >= 15 is 0 Å². The monoisotopic (exact) mass is 177 g/mol. The van der Waals surface area contributed by atoms with Gasteiger partial charge in [-0.05, 0) is 12.1 Å². The smallest absolute Gasteiger partial charge is 0.179 e. The molecule has 0 radical (unpaired) electrons. The van der Waals surface area contributed by atoms with Crippen LogP contribution in [0.1, 0.15) is 10.4 Å². The lowest BCUT2D eigenvalue weighted by Crippen LogP contribution is -2.03. The first kappa shape index (κ1) is 8.08. The number of anilines is 1. The van der Waals surface area contributed by atoms with E-state index in [0.29, 0.717) is 11.3 Å². The van der Waals surface area contributed by atoms with E-state index < -0.39 is 0 Å². The van der Waals surface area contributed by atoms with Crippen LogP contribution in [-0.4, -0.2) is 11.7 Å². The molecule has 2 nitrogen and oxygen atoms in total. The summed E-state index contributed by atoms with van der Waals surface area (Å²) in [6.45, 7) is 0. The third-order valence-corrected chi connectivity index (χ3v) is 1.63. The van der Waals surface area contributed by atoms with Gasteiger partial charge in [0.15, 0.2) is 5.78 Å². The number of ketones is 1. The SMILES string of the molecule is N[13c]1[13cH][13cH][13cH][13cH][13c]1[13C](=O)[13CH2]Cl. The molecule has 2 N–H and O–H groups in total. The minimum Gasteiger partial charge on any atom is -0.398 e. The van der Waals surface area contributed by atoms with E-state index in [1.165, 1.54) is 0 Å². The molecule has 0 fully saturated rings. The van der Waals surface area contributed by atoms with Crippen LogP contribution in [0, 0.1) is 0 Å². The lowest BCUT2D eigenvalue weighted by atomic mass is 11.1. The zero-order valence-corrected chi connectivity index (χ0v) is 6.64. The summed E-state index contributed by atoms with van der Waals surface area (Å²) in [7, 11) is 0. The average molecular weight is 178 g/mol. The van der Waals surface area contributed by atoms with Crippen LogP contribution >= 0.6 is 11.6 Å². The number of Topliss-reactive ketones (excluding diaryl/α,β-unsaturated/α-hetero) is 1. The zero-order valence-electron chi connectivity index (χ0n) is 5.88. The Morgan fingerprint density at radius 2 is 2.09 bits per heavy atom. The van der Waals surface area contributed by atoms with E-state index in [2.05, 4.69) is 0 Å². The Morgan fingerprint density at radius 1 is 1.45 bits per heavy atom. The van der Waals surface area contributed by atoms with Crippen molar-refractivity contribution in [2.75, 3.05) is 11.6 Å². The number of rotatable bonds is 2. The molecular weight excluding hydrogens is 169 g/mol. The van der Waals surface area contributed by atoms with Crippen molar-refractivity contribution in [3.63, 3.8) is 0 Å². The highest BCUT2D eigenvalue weighted by atomic mass is 35.5. The van der Waals surface area contributed by atoms with Crippen LogP contribution in [0.15, 0.2) is 24.3 Å². The van der Waals surface area contributed by atoms with Gasteiger partial charge in [0.25, 0.3) is 0 Å². The van der Waals surface area contributed by atoms with Crippen LogP contribution in [0.3, 0.4) is 0 Å². The highest BCUT2D eigenvalue weighted by Gasteiger charge is 2.05. The minimum absolute atomic E-state index is 0.0196. The number of carbonyl (C=O) groups excluding carboxylic acids is 1. The number of halogens is 1. The van der Waals surface area contributed by atoms with Gasteiger partial charge in [-0.25, -0.2) is 0 Å². The molecule has 0 aliphatic carbocycles. The standard InChI is InChI=1S/C8H8ClNO/c9-5-8(11)6-3-1-2-4-7(6)10/h1-4H,5,10H2/i1+1,2+1,3+1,4+1,5+1,6+1,7+1,8+1. The van der Waals surface area contributed by atoms with Crippen molar-refractivity contribution >= 4 is 23.1 Å². The number of alkyl halides is 1. The summed E-state index contributed by atoms with van der Waals surface area (Å²) in [4.78, 5) is 11.0. The van der Waals surface area contributed by atoms with E-state index in [1.54, 1.807) is 24.3 Å². The van der Waals surface area contributed by atoms with E-state index in [-0.39, 0.29) is 11.7 Å². The molecule has 0 heterocycles. The molecule has 58 valence electrons. The van der Waals surface area contributed by atoms with Gasteiger partial charge in [0.1, 0.15) is 0 Å². The lowest BCUT2D eigenvalue weighted by Gasteiger charge is -1.99. The number of nitrogen functional groups attached to an aromatic ring is 1. The molecule has 0 saturated heterocycles. The van der Waals surface area contributed by atoms with Crippen LogP contribution in [0.2, 0.25) is 0 Å². The van der Waals surface area contributed by atoms with Gasteiger partial charge >= 0.3 is 0 Å². The van der Waals surface area contributed by atoms with Gasteiger partial charge < -0.3 is 5.73 Å². The summed E-state index contributed by atoms with van der Waals surface area (Å²) in [5.41, 5.74) is 6.50. The maximum atomic E-state index is 11.0. The number of carbonyl (C=O) groups is 1. The van der Waals surface area contributed by atoms with Crippen LogP contribution in [0.4, 0.5) is 5.69 Å². The minimum atomic E-state index is -0.134. The Bertz CT molecular complexity index is 273. The molecule has 0 aliphatic heterocycles. The summed E-state index contributed by atoms with van der Waals surface area (Å²) < 4.78 is 0.